The van der Waals surface area contributed by atoms with Crippen molar-refractivity contribution in [2.45, 2.75) is 52.0 Å². The maximum atomic E-state index is 11.2. The number of aromatic nitrogens is 2. The van der Waals surface area contributed by atoms with E-state index in [1.54, 1.807) is 4.68 Å². The fourth-order valence-corrected chi connectivity index (χ4v) is 2.80. The molecule has 0 saturated heterocycles. The average molecular weight is 255 g/mol. The predicted molar refractivity (Wildman–Crippen MR) is 68.7 cm³/mol. The Morgan fingerprint density at radius 3 is 2.65 bits per heavy atom. The van der Waals surface area contributed by atoms with Crippen LogP contribution in [0, 0.1) is 5.92 Å². The summed E-state index contributed by atoms with van der Waals surface area (Å²) in [7, 11) is 0. The zero-order valence-corrected chi connectivity index (χ0v) is 11.2. The molecule has 1 aromatic heterocycles. The number of hydrogen-bond donors (Lipinski definition) is 0. The summed E-state index contributed by atoms with van der Waals surface area (Å²) in [5.74, 6) is 0.907. The number of aldehydes is 1. The third-order valence-corrected chi connectivity index (χ3v) is 3.75. The standard InChI is InChI=1S/C13H19ClN2O/c1-9(2)7-16-13(14)11(8-17)12(15-16)10-5-3-4-6-10/h8-10H,3-7H2,1-2H3. The van der Waals surface area contributed by atoms with Crippen molar-refractivity contribution in [3.8, 4) is 0 Å². The van der Waals surface area contributed by atoms with Crippen LogP contribution in [0.25, 0.3) is 0 Å². The molecule has 94 valence electrons. The summed E-state index contributed by atoms with van der Waals surface area (Å²) in [6, 6.07) is 0. The molecule has 0 unspecified atom stereocenters. The lowest BCUT2D eigenvalue weighted by atomic mass is 10.0. The normalized spacial score (nSPS) is 16.9. The summed E-state index contributed by atoms with van der Waals surface area (Å²) in [4.78, 5) is 11.2. The third-order valence-electron chi connectivity index (χ3n) is 3.35. The molecule has 0 atom stereocenters. The Kier molecular flexibility index (Phi) is 3.87. The van der Waals surface area contributed by atoms with Crippen molar-refractivity contribution < 1.29 is 4.79 Å². The lowest BCUT2D eigenvalue weighted by Gasteiger charge is -2.06. The number of carbonyl (C=O) groups is 1. The van der Waals surface area contributed by atoms with Crippen molar-refractivity contribution in [3.63, 3.8) is 0 Å². The van der Waals surface area contributed by atoms with E-state index in [9.17, 15) is 4.79 Å². The summed E-state index contributed by atoms with van der Waals surface area (Å²) in [5.41, 5.74) is 1.53. The van der Waals surface area contributed by atoms with E-state index in [1.165, 1.54) is 12.8 Å². The summed E-state index contributed by atoms with van der Waals surface area (Å²) in [6.45, 7) is 5.01. The molecule has 1 heterocycles. The first-order valence-electron chi connectivity index (χ1n) is 6.34. The van der Waals surface area contributed by atoms with Gasteiger partial charge in [0.15, 0.2) is 6.29 Å². The van der Waals surface area contributed by atoms with Crippen LogP contribution in [0.2, 0.25) is 5.15 Å². The Hall–Kier alpha value is -0.830. The second kappa shape index (κ2) is 5.21. The van der Waals surface area contributed by atoms with Gasteiger partial charge in [0, 0.05) is 12.5 Å². The Morgan fingerprint density at radius 1 is 1.47 bits per heavy atom. The first kappa shape index (κ1) is 12.6. The van der Waals surface area contributed by atoms with Gasteiger partial charge >= 0.3 is 0 Å². The number of halogens is 1. The monoisotopic (exact) mass is 254 g/mol. The highest BCUT2D eigenvalue weighted by Crippen LogP contribution is 2.36. The first-order valence-corrected chi connectivity index (χ1v) is 6.72. The van der Waals surface area contributed by atoms with Crippen molar-refractivity contribution in [2.75, 3.05) is 0 Å². The molecule has 17 heavy (non-hydrogen) atoms. The van der Waals surface area contributed by atoms with Crippen LogP contribution in [0.1, 0.15) is 61.5 Å². The maximum absolute atomic E-state index is 11.2. The second-order valence-corrected chi connectivity index (χ2v) is 5.62. The molecule has 1 saturated carbocycles. The lowest BCUT2D eigenvalue weighted by Crippen LogP contribution is -2.07. The molecule has 1 fully saturated rings. The minimum Gasteiger partial charge on any atom is -0.298 e. The molecule has 4 heteroatoms. The van der Waals surface area contributed by atoms with Gasteiger partial charge in [0.1, 0.15) is 5.15 Å². The zero-order chi connectivity index (χ0) is 12.4. The third kappa shape index (κ3) is 2.54. The van der Waals surface area contributed by atoms with Gasteiger partial charge in [0.2, 0.25) is 0 Å². The van der Waals surface area contributed by atoms with Gasteiger partial charge in [-0.25, -0.2) is 0 Å². The van der Waals surface area contributed by atoms with E-state index in [-0.39, 0.29) is 0 Å². The van der Waals surface area contributed by atoms with E-state index in [4.69, 9.17) is 11.6 Å². The second-order valence-electron chi connectivity index (χ2n) is 5.26. The Labute approximate surface area is 107 Å². The van der Waals surface area contributed by atoms with Gasteiger partial charge in [-0.05, 0) is 18.8 Å². The SMILES string of the molecule is CC(C)Cn1nc(C2CCCC2)c(C=O)c1Cl. The summed E-state index contributed by atoms with van der Waals surface area (Å²) in [6.07, 6.45) is 5.60. The van der Waals surface area contributed by atoms with Crippen LogP contribution in [0.5, 0.6) is 0 Å². The van der Waals surface area contributed by atoms with Crippen LogP contribution in [-0.2, 0) is 6.54 Å². The van der Waals surface area contributed by atoms with Crippen LogP contribution in [0.3, 0.4) is 0 Å². The lowest BCUT2D eigenvalue weighted by molar-refractivity contribution is 0.112. The zero-order valence-electron chi connectivity index (χ0n) is 10.4. The minimum atomic E-state index is 0.432. The molecule has 2 rings (SSSR count). The molecule has 0 spiro atoms. The van der Waals surface area contributed by atoms with Gasteiger partial charge in [-0.3, -0.25) is 9.48 Å². The average Bonchev–Trinajstić information content (AvgIpc) is 2.87. The van der Waals surface area contributed by atoms with Crippen molar-refractivity contribution in [1.29, 1.82) is 0 Å². The number of nitrogens with zero attached hydrogens (tertiary/aromatic N) is 2. The Morgan fingerprint density at radius 2 is 2.12 bits per heavy atom. The van der Waals surface area contributed by atoms with Crippen molar-refractivity contribution in [3.05, 3.63) is 16.4 Å². The maximum Gasteiger partial charge on any atom is 0.155 e. The van der Waals surface area contributed by atoms with Crippen molar-refractivity contribution in [1.82, 2.24) is 9.78 Å². The first-order chi connectivity index (χ1) is 8.13. The molecule has 1 aliphatic rings. The summed E-state index contributed by atoms with van der Waals surface area (Å²) >= 11 is 6.22. The largest absolute Gasteiger partial charge is 0.298 e. The van der Waals surface area contributed by atoms with E-state index in [0.29, 0.717) is 22.6 Å². The van der Waals surface area contributed by atoms with Crippen LogP contribution in [0.4, 0.5) is 0 Å². The molecular formula is C13H19ClN2O. The quantitative estimate of drug-likeness (QED) is 0.769. The van der Waals surface area contributed by atoms with E-state index >= 15 is 0 Å². The predicted octanol–water partition coefficient (Wildman–Crippen LogP) is 3.66. The Balaban J connectivity index is 2.33. The summed E-state index contributed by atoms with van der Waals surface area (Å²) < 4.78 is 1.78. The number of rotatable bonds is 4. The van der Waals surface area contributed by atoms with Gasteiger partial charge in [0.05, 0.1) is 11.3 Å². The van der Waals surface area contributed by atoms with Crippen LogP contribution in [0.15, 0.2) is 0 Å². The molecule has 0 amide bonds. The van der Waals surface area contributed by atoms with Crippen LogP contribution in [-0.4, -0.2) is 16.1 Å². The van der Waals surface area contributed by atoms with Gasteiger partial charge in [0.25, 0.3) is 0 Å². The minimum absolute atomic E-state index is 0.432. The van der Waals surface area contributed by atoms with Gasteiger partial charge in [-0.2, -0.15) is 5.10 Å². The van der Waals surface area contributed by atoms with Gasteiger partial charge in [-0.15, -0.1) is 0 Å². The van der Waals surface area contributed by atoms with E-state index in [1.807, 2.05) is 0 Å². The van der Waals surface area contributed by atoms with Gasteiger partial charge in [-0.1, -0.05) is 38.3 Å². The van der Waals surface area contributed by atoms with Crippen LogP contribution >= 0.6 is 11.6 Å². The topological polar surface area (TPSA) is 34.9 Å². The highest BCUT2D eigenvalue weighted by molar-refractivity contribution is 6.32. The fourth-order valence-electron chi connectivity index (χ4n) is 2.55. The molecule has 0 bridgehead atoms. The molecule has 1 aromatic rings. The van der Waals surface area contributed by atoms with Crippen molar-refractivity contribution >= 4 is 17.9 Å². The highest BCUT2D eigenvalue weighted by Gasteiger charge is 2.26. The number of hydrogen-bond acceptors (Lipinski definition) is 2. The molecule has 0 aromatic carbocycles. The van der Waals surface area contributed by atoms with E-state index in [0.717, 1.165) is 31.4 Å². The van der Waals surface area contributed by atoms with E-state index < -0.39 is 0 Å². The molecule has 0 radical (unpaired) electrons. The molecule has 3 nitrogen and oxygen atoms in total. The Bertz CT molecular complexity index is 406. The molecular weight excluding hydrogens is 236 g/mol. The van der Waals surface area contributed by atoms with Gasteiger partial charge < -0.3 is 0 Å². The van der Waals surface area contributed by atoms with Crippen LogP contribution < -0.4 is 0 Å². The van der Waals surface area contributed by atoms with Crippen molar-refractivity contribution in [2.24, 2.45) is 5.92 Å². The number of carbonyl (C=O) groups excluding carboxylic acids is 1. The van der Waals surface area contributed by atoms with E-state index in [2.05, 4.69) is 18.9 Å². The highest BCUT2D eigenvalue weighted by atomic mass is 35.5. The summed E-state index contributed by atoms with van der Waals surface area (Å²) in [5, 5.41) is 5.07. The molecule has 0 aliphatic heterocycles. The smallest absolute Gasteiger partial charge is 0.155 e. The molecule has 0 N–H and O–H groups in total. The fraction of sp³-hybridized carbons (Fsp3) is 0.692. The molecule has 1 aliphatic carbocycles.